The van der Waals surface area contributed by atoms with Gasteiger partial charge in [-0.05, 0) is 12.1 Å². The fourth-order valence-corrected chi connectivity index (χ4v) is 1.78. The summed E-state index contributed by atoms with van der Waals surface area (Å²) in [5.41, 5.74) is -0.161. The van der Waals surface area contributed by atoms with Crippen molar-refractivity contribution in [3.8, 4) is 5.75 Å². The summed E-state index contributed by atoms with van der Waals surface area (Å²) in [5.74, 6) is -2.16. The van der Waals surface area contributed by atoms with Crippen molar-refractivity contribution < 1.29 is 23.2 Å². The van der Waals surface area contributed by atoms with Gasteiger partial charge in [0.15, 0.2) is 6.61 Å². The summed E-state index contributed by atoms with van der Waals surface area (Å²) in [5, 5.41) is 13.2. The molecule has 2 aromatic rings. The Labute approximate surface area is 129 Å². The van der Waals surface area contributed by atoms with E-state index in [0.29, 0.717) is 0 Å². The van der Waals surface area contributed by atoms with Gasteiger partial charge in [-0.3, -0.25) is 14.9 Å². The van der Waals surface area contributed by atoms with Crippen LogP contribution in [0, 0.1) is 21.7 Å². The maximum atomic E-state index is 13.4. The van der Waals surface area contributed by atoms with Gasteiger partial charge in [0.25, 0.3) is 5.91 Å². The number of nitro groups is 1. The number of carbonyl (C=O) groups excluding carboxylic acids is 1. The number of hydrogen-bond acceptors (Lipinski definition) is 4. The second kappa shape index (κ2) is 7.30. The van der Waals surface area contributed by atoms with Crippen molar-refractivity contribution in [3.63, 3.8) is 0 Å². The summed E-state index contributed by atoms with van der Waals surface area (Å²) in [6.07, 6.45) is 0. The first kappa shape index (κ1) is 16.3. The van der Waals surface area contributed by atoms with E-state index in [1.54, 1.807) is 6.07 Å². The molecule has 0 bridgehead atoms. The Bertz CT molecular complexity index is 737. The Morgan fingerprint density at radius 3 is 2.65 bits per heavy atom. The van der Waals surface area contributed by atoms with Crippen LogP contribution in [0.4, 0.5) is 14.5 Å². The van der Waals surface area contributed by atoms with Crippen molar-refractivity contribution in [2.45, 2.75) is 6.54 Å². The number of halogens is 2. The first-order valence-electron chi connectivity index (χ1n) is 6.54. The van der Waals surface area contributed by atoms with Crippen LogP contribution < -0.4 is 10.1 Å². The number of nitro benzene ring substituents is 1. The molecule has 1 amide bonds. The summed E-state index contributed by atoms with van der Waals surface area (Å²) in [7, 11) is 0. The first-order valence-corrected chi connectivity index (χ1v) is 6.54. The van der Waals surface area contributed by atoms with E-state index < -0.39 is 34.8 Å². The SMILES string of the molecule is O=C(COc1cc(F)ccc1[N+](=O)[O-])NCc1ccccc1F. The zero-order valence-corrected chi connectivity index (χ0v) is 11.8. The number of carbonyl (C=O) groups is 1. The molecule has 6 nitrogen and oxygen atoms in total. The molecule has 0 saturated carbocycles. The molecule has 0 fully saturated rings. The predicted octanol–water partition coefficient (Wildman–Crippen LogP) is 2.57. The summed E-state index contributed by atoms with van der Waals surface area (Å²) >= 11 is 0. The summed E-state index contributed by atoms with van der Waals surface area (Å²) in [6.45, 7) is -0.612. The standard InChI is InChI=1S/C15H12F2N2O4/c16-11-5-6-13(19(21)22)14(7-11)23-9-15(20)18-8-10-3-1-2-4-12(10)17/h1-7H,8-9H2,(H,18,20). The van der Waals surface area contributed by atoms with E-state index in [1.165, 1.54) is 18.2 Å². The van der Waals surface area contributed by atoms with Gasteiger partial charge in [0.05, 0.1) is 4.92 Å². The monoisotopic (exact) mass is 322 g/mol. The molecule has 120 valence electrons. The lowest BCUT2D eigenvalue weighted by Gasteiger charge is -2.08. The van der Waals surface area contributed by atoms with E-state index >= 15 is 0 Å². The van der Waals surface area contributed by atoms with Gasteiger partial charge in [0.1, 0.15) is 11.6 Å². The third-order valence-electron chi connectivity index (χ3n) is 2.91. The van der Waals surface area contributed by atoms with Crippen LogP contribution in [0.3, 0.4) is 0 Å². The van der Waals surface area contributed by atoms with Crippen molar-refractivity contribution in [3.05, 3.63) is 69.8 Å². The Morgan fingerprint density at radius 1 is 1.22 bits per heavy atom. The van der Waals surface area contributed by atoms with Gasteiger partial charge in [0.2, 0.25) is 5.75 Å². The molecule has 0 aliphatic carbocycles. The number of ether oxygens (including phenoxy) is 1. The van der Waals surface area contributed by atoms with E-state index in [-0.39, 0.29) is 17.9 Å². The second-order valence-electron chi connectivity index (χ2n) is 4.53. The molecular formula is C15H12F2N2O4. The fraction of sp³-hybridized carbons (Fsp3) is 0.133. The molecule has 0 radical (unpaired) electrons. The minimum atomic E-state index is -0.744. The summed E-state index contributed by atoms with van der Waals surface area (Å²) < 4.78 is 31.5. The molecule has 0 aromatic heterocycles. The van der Waals surface area contributed by atoms with Crippen LogP contribution in [0.5, 0.6) is 5.75 Å². The molecule has 0 spiro atoms. The highest BCUT2D eigenvalue weighted by molar-refractivity contribution is 5.77. The van der Waals surface area contributed by atoms with E-state index in [0.717, 1.165) is 18.2 Å². The second-order valence-corrected chi connectivity index (χ2v) is 4.53. The lowest BCUT2D eigenvalue weighted by Crippen LogP contribution is -2.28. The number of nitrogens with one attached hydrogen (secondary N) is 1. The average Bonchev–Trinajstić information content (AvgIpc) is 2.52. The zero-order chi connectivity index (χ0) is 16.8. The van der Waals surface area contributed by atoms with Gasteiger partial charge in [-0.25, -0.2) is 8.78 Å². The molecule has 0 aliphatic heterocycles. The molecular weight excluding hydrogens is 310 g/mol. The van der Waals surface area contributed by atoms with Gasteiger partial charge in [0, 0.05) is 24.2 Å². The van der Waals surface area contributed by atoms with Crippen LogP contribution in [-0.4, -0.2) is 17.4 Å². The van der Waals surface area contributed by atoms with Crippen molar-refractivity contribution in [1.29, 1.82) is 0 Å². The van der Waals surface area contributed by atoms with Gasteiger partial charge < -0.3 is 10.1 Å². The maximum absolute atomic E-state index is 13.4. The van der Waals surface area contributed by atoms with Crippen LogP contribution >= 0.6 is 0 Å². The molecule has 0 unspecified atom stereocenters. The van der Waals surface area contributed by atoms with Crippen LogP contribution in [-0.2, 0) is 11.3 Å². The smallest absolute Gasteiger partial charge is 0.311 e. The molecule has 0 heterocycles. The Balaban J connectivity index is 1.93. The number of hydrogen-bond donors (Lipinski definition) is 1. The van der Waals surface area contributed by atoms with E-state index in [4.69, 9.17) is 4.74 Å². The molecule has 0 saturated heterocycles. The Hall–Kier alpha value is -3.03. The van der Waals surface area contributed by atoms with Crippen molar-refractivity contribution in [1.82, 2.24) is 5.32 Å². The van der Waals surface area contributed by atoms with E-state index in [1.807, 2.05) is 0 Å². The molecule has 1 N–H and O–H groups in total. The predicted molar refractivity (Wildman–Crippen MR) is 76.8 cm³/mol. The van der Waals surface area contributed by atoms with Crippen LogP contribution in [0.15, 0.2) is 42.5 Å². The largest absolute Gasteiger partial charge is 0.477 e. The van der Waals surface area contributed by atoms with Crippen molar-refractivity contribution in [2.24, 2.45) is 0 Å². The normalized spacial score (nSPS) is 10.2. The topological polar surface area (TPSA) is 81.5 Å². The molecule has 2 rings (SSSR count). The minimum absolute atomic E-state index is 0.0554. The quantitative estimate of drug-likeness (QED) is 0.654. The Morgan fingerprint density at radius 2 is 1.96 bits per heavy atom. The van der Waals surface area contributed by atoms with Crippen molar-refractivity contribution >= 4 is 11.6 Å². The van der Waals surface area contributed by atoms with Crippen LogP contribution in [0.1, 0.15) is 5.56 Å². The van der Waals surface area contributed by atoms with Gasteiger partial charge in [-0.1, -0.05) is 18.2 Å². The first-order chi connectivity index (χ1) is 11.0. The van der Waals surface area contributed by atoms with Gasteiger partial charge in [-0.2, -0.15) is 0 Å². The third kappa shape index (κ3) is 4.47. The van der Waals surface area contributed by atoms with Crippen LogP contribution in [0.2, 0.25) is 0 Å². The third-order valence-corrected chi connectivity index (χ3v) is 2.91. The van der Waals surface area contributed by atoms with Gasteiger partial charge in [-0.15, -0.1) is 0 Å². The highest BCUT2D eigenvalue weighted by atomic mass is 19.1. The highest BCUT2D eigenvalue weighted by Gasteiger charge is 2.17. The minimum Gasteiger partial charge on any atom is -0.477 e. The molecule has 8 heteroatoms. The molecule has 0 atom stereocenters. The van der Waals surface area contributed by atoms with E-state index in [9.17, 15) is 23.7 Å². The lowest BCUT2D eigenvalue weighted by molar-refractivity contribution is -0.385. The number of benzene rings is 2. The summed E-state index contributed by atoms with van der Waals surface area (Å²) in [4.78, 5) is 21.7. The zero-order valence-electron chi connectivity index (χ0n) is 11.8. The average molecular weight is 322 g/mol. The van der Waals surface area contributed by atoms with Crippen LogP contribution in [0.25, 0.3) is 0 Å². The van der Waals surface area contributed by atoms with E-state index in [2.05, 4.69) is 5.32 Å². The molecule has 2 aromatic carbocycles. The number of amides is 1. The Kier molecular flexibility index (Phi) is 5.19. The van der Waals surface area contributed by atoms with Crippen molar-refractivity contribution in [2.75, 3.05) is 6.61 Å². The molecule has 0 aliphatic rings. The highest BCUT2D eigenvalue weighted by Crippen LogP contribution is 2.27. The summed E-state index contributed by atoms with van der Waals surface area (Å²) in [6, 6.07) is 8.60. The van der Waals surface area contributed by atoms with Gasteiger partial charge >= 0.3 is 5.69 Å². The number of nitrogens with zero attached hydrogens (tertiary/aromatic N) is 1. The molecule has 23 heavy (non-hydrogen) atoms. The lowest BCUT2D eigenvalue weighted by atomic mass is 10.2. The fourth-order valence-electron chi connectivity index (χ4n) is 1.78. The number of rotatable bonds is 6. The maximum Gasteiger partial charge on any atom is 0.311 e.